The minimum absolute atomic E-state index is 0.242. The number of halogens is 2. The maximum absolute atomic E-state index is 12.7. The summed E-state index contributed by atoms with van der Waals surface area (Å²) in [4.78, 5) is 12.7. The maximum atomic E-state index is 12.7. The van der Waals surface area contributed by atoms with Gasteiger partial charge in [-0.05, 0) is 31.2 Å². The molecule has 5 nitrogen and oxygen atoms in total. The summed E-state index contributed by atoms with van der Waals surface area (Å²) in [6, 6.07) is 14.4. The highest BCUT2D eigenvalue weighted by molar-refractivity contribution is 6.35. The van der Waals surface area contributed by atoms with Crippen LogP contribution in [0, 0.1) is 6.92 Å². The molecule has 1 N–H and O–H groups in total. The number of ether oxygens (including phenoxy) is 1. The zero-order valence-corrected chi connectivity index (χ0v) is 15.1. The lowest BCUT2D eigenvalue weighted by Gasteiger charge is -2.09. The van der Waals surface area contributed by atoms with Crippen molar-refractivity contribution in [2.75, 3.05) is 12.4 Å². The maximum Gasteiger partial charge on any atom is 0.260 e. The van der Waals surface area contributed by atoms with E-state index in [4.69, 9.17) is 27.9 Å². The fraction of sp³-hybridized carbons (Fsp3) is 0.111. The molecule has 0 spiro atoms. The molecular weight excluding hydrogens is 361 g/mol. The first-order valence-electron chi connectivity index (χ1n) is 7.46. The number of rotatable bonds is 4. The molecule has 0 fully saturated rings. The van der Waals surface area contributed by atoms with E-state index in [-0.39, 0.29) is 11.1 Å². The number of carbonyl (C=O) groups is 1. The fourth-order valence-electron chi connectivity index (χ4n) is 2.41. The molecule has 25 heavy (non-hydrogen) atoms. The summed E-state index contributed by atoms with van der Waals surface area (Å²) in [5.41, 5.74) is 2.07. The van der Waals surface area contributed by atoms with Crippen molar-refractivity contribution in [2.24, 2.45) is 0 Å². The Balaban J connectivity index is 1.92. The Morgan fingerprint density at radius 3 is 2.52 bits per heavy atom. The van der Waals surface area contributed by atoms with Gasteiger partial charge in [-0.3, -0.25) is 4.79 Å². The summed E-state index contributed by atoms with van der Waals surface area (Å²) in [5, 5.41) is 7.74. The number of methoxy groups -OCH3 is 1. The highest BCUT2D eigenvalue weighted by atomic mass is 35.5. The smallest absolute Gasteiger partial charge is 0.260 e. The average molecular weight is 376 g/mol. The number of nitrogens with zero attached hydrogens (tertiary/aromatic N) is 2. The molecule has 3 aromatic rings. The third-order valence-electron chi connectivity index (χ3n) is 3.66. The van der Waals surface area contributed by atoms with E-state index in [1.54, 1.807) is 32.2 Å². The van der Waals surface area contributed by atoms with Crippen LogP contribution >= 0.6 is 23.2 Å². The van der Waals surface area contributed by atoms with Gasteiger partial charge in [-0.25, -0.2) is 4.68 Å². The van der Waals surface area contributed by atoms with Crippen LogP contribution in [0.2, 0.25) is 10.2 Å². The molecule has 0 aliphatic rings. The third-order valence-corrected chi connectivity index (χ3v) is 4.32. The van der Waals surface area contributed by atoms with Crippen LogP contribution in [-0.4, -0.2) is 22.8 Å². The Morgan fingerprint density at radius 1 is 1.16 bits per heavy atom. The number of hydrogen-bond acceptors (Lipinski definition) is 3. The van der Waals surface area contributed by atoms with Crippen molar-refractivity contribution in [2.45, 2.75) is 6.92 Å². The Bertz CT molecular complexity index is 924. The predicted octanol–water partition coefficient (Wildman–Crippen LogP) is 4.75. The molecule has 0 radical (unpaired) electrons. The number of amides is 1. The van der Waals surface area contributed by atoms with Gasteiger partial charge in [0.05, 0.1) is 29.2 Å². The van der Waals surface area contributed by atoms with Crippen molar-refractivity contribution in [1.29, 1.82) is 0 Å². The second-order valence-electron chi connectivity index (χ2n) is 5.30. The van der Waals surface area contributed by atoms with Crippen molar-refractivity contribution in [3.63, 3.8) is 0 Å². The lowest BCUT2D eigenvalue weighted by atomic mass is 10.2. The number of aryl methyl sites for hydroxylation is 1. The predicted molar refractivity (Wildman–Crippen MR) is 99.3 cm³/mol. The number of carbonyl (C=O) groups excluding carboxylic acids is 1. The quantitative estimate of drug-likeness (QED) is 0.715. The monoisotopic (exact) mass is 375 g/mol. The SMILES string of the molecule is COc1ccc(NC(=O)c2c(C)nn(-c3ccccc3)c2Cl)c(Cl)c1. The number of hydrogen-bond donors (Lipinski definition) is 1. The van der Waals surface area contributed by atoms with E-state index in [1.807, 2.05) is 30.3 Å². The zero-order valence-electron chi connectivity index (χ0n) is 13.6. The van der Waals surface area contributed by atoms with Gasteiger partial charge in [0.25, 0.3) is 5.91 Å². The van der Waals surface area contributed by atoms with E-state index >= 15 is 0 Å². The van der Waals surface area contributed by atoms with E-state index in [0.717, 1.165) is 5.69 Å². The molecule has 0 aliphatic carbocycles. The van der Waals surface area contributed by atoms with E-state index in [2.05, 4.69) is 10.4 Å². The van der Waals surface area contributed by atoms with Gasteiger partial charge in [-0.1, -0.05) is 41.4 Å². The number of nitrogens with one attached hydrogen (secondary N) is 1. The lowest BCUT2D eigenvalue weighted by Crippen LogP contribution is -2.13. The average Bonchev–Trinajstić information content (AvgIpc) is 2.92. The van der Waals surface area contributed by atoms with Gasteiger partial charge in [0.1, 0.15) is 16.5 Å². The Kier molecular flexibility index (Phi) is 4.97. The molecule has 7 heteroatoms. The molecular formula is C18H15Cl2N3O2. The molecule has 1 amide bonds. The number of anilines is 1. The van der Waals surface area contributed by atoms with Crippen LogP contribution in [-0.2, 0) is 0 Å². The summed E-state index contributed by atoms with van der Waals surface area (Å²) in [7, 11) is 1.55. The van der Waals surface area contributed by atoms with Crippen LogP contribution in [0.15, 0.2) is 48.5 Å². The number of benzene rings is 2. The van der Waals surface area contributed by atoms with Gasteiger partial charge in [0, 0.05) is 6.07 Å². The van der Waals surface area contributed by atoms with E-state index in [0.29, 0.717) is 27.7 Å². The Hall–Kier alpha value is -2.50. The topological polar surface area (TPSA) is 56.1 Å². The summed E-state index contributed by atoms with van der Waals surface area (Å²) in [5.74, 6) is 0.228. The normalized spacial score (nSPS) is 10.6. The molecule has 0 saturated carbocycles. The van der Waals surface area contributed by atoms with Crippen molar-refractivity contribution >= 4 is 34.8 Å². The van der Waals surface area contributed by atoms with Crippen molar-refractivity contribution in [1.82, 2.24) is 9.78 Å². The second-order valence-corrected chi connectivity index (χ2v) is 6.06. The van der Waals surface area contributed by atoms with Gasteiger partial charge >= 0.3 is 0 Å². The van der Waals surface area contributed by atoms with Gasteiger partial charge in [0.15, 0.2) is 0 Å². The molecule has 1 heterocycles. The van der Waals surface area contributed by atoms with Gasteiger partial charge in [0.2, 0.25) is 0 Å². The lowest BCUT2D eigenvalue weighted by molar-refractivity contribution is 0.102. The summed E-state index contributed by atoms with van der Waals surface area (Å²) < 4.78 is 6.63. The largest absolute Gasteiger partial charge is 0.497 e. The highest BCUT2D eigenvalue weighted by Crippen LogP contribution is 2.29. The van der Waals surface area contributed by atoms with Crippen molar-refractivity contribution in [3.8, 4) is 11.4 Å². The Morgan fingerprint density at radius 2 is 1.88 bits per heavy atom. The molecule has 0 saturated heterocycles. The van der Waals surface area contributed by atoms with Gasteiger partial charge in [-0.2, -0.15) is 5.10 Å². The minimum Gasteiger partial charge on any atom is -0.497 e. The summed E-state index contributed by atoms with van der Waals surface area (Å²) in [6.45, 7) is 1.73. The minimum atomic E-state index is -0.378. The molecule has 3 rings (SSSR count). The van der Waals surface area contributed by atoms with E-state index in [9.17, 15) is 4.79 Å². The number of aromatic nitrogens is 2. The summed E-state index contributed by atoms with van der Waals surface area (Å²) >= 11 is 12.6. The van der Waals surface area contributed by atoms with Crippen LogP contribution in [0.3, 0.4) is 0 Å². The first kappa shape index (κ1) is 17.3. The van der Waals surface area contributed by atoms with Crippen LogP contribution in [0.1, 0.15) is 16.1 Å². The molecule has 1 aromatic heterocycles. The van der Waals surface area contributed by atoms with Gasteiger partial charge in [-0.15, -0.1) is 0 Å². The first-order chi connectivity index (χ1) is 12.0. The number of para-hydroxylation sites is 1. The molecule has 0 unspecified atom stereocenters. The molecule has 0 bridgehead atoms. The van der Waals surface area contributed by atoms with Gasteiger partial charge < -0.3 is 10.1 Å². The summed E-state index contributed by atoms with van der Waals surface area (Å²) in [6.07, 6.45) is 0. The fourth-order valence-corrected chi connectivity index (χ4v) is 2.98. The molecule has 0 aliphatic heterocycles. The highest BCUT2D eigenvalue weighted by Gasteiger charge is 2.21. The van der Waals surface area contributed by atoms with Crippen LogP contribution in [0.25, 0.3) is 5.69 Å². The van der Waals surface area contributed by atoms with E-state index < -0.39 is 0 Å². The molecule has 2 aromatic carbocycles. The first-order valence-corrected chi connectivity index (χ1v) is 8.22. The van der Waals surface area contributed by atoms with E-state index in [1.165, 1.54) is 4.68 Å². The zero-order chi connectivity index (χ0) is 18.0. The van der Waals surface area contributed by atoms with Crippen LogP contribution < -0.4 is 10.1 Å². The molecule has 0 atom stereocenters. The van der Waals surface area contributed by atoms with Crippen LogP contribution in [0.4, 0.5) is 5.69 Å². The molecule has 128 valence electrons. The standard InChI is InChI=1S/C18H15Cl2N3O2/c1-11-16(17(20)23(22-11)12-6-4-3-5-7-12)18(24)21-15-9-8-13(25-2)10-14(15)19/h3-10H,1-2H3,(H,21,24). The van der Waals surface area contributed by atoms with Crippen molar-refractivity contribution in [3.05, 3.63) is 70.0 Å². The van der Waals surface area contributed by atoms with Crippen LogP contribution in [0.5, 0.6) is 5.75 Å². The Labute approximate surface area is 155 Å². The third kappa shape index (κ3) is 3.48. The second kappa shape index (κ2) is 7.17. The van der Waals surface area contributed by atoms with Crippen molar-refractivity contribution < 1.29 is 9.53 Å².